The molecule has 2 heterocycles. The van der Waals surface area contributed by atoms with Crippen LogP contribution in [-0.2, 0) is 4.74 Å². The molecule has 0 saturated carbocycles. The van der Waals surface area contributed by atoms with Crippen molar-refractivity contribution in [1.82, 2.24) is 4.90 Å². The van der Waals surface area contributed by atoms with Crippen LogP contribution in [0.1, 0.15) is 20.6 Å². The first kappa shape index (κ1) is 18.1. The molecule has 8 heteroatoms. The first-order chi connectivity index (χ1) is 15.3. The fraction of sp³-hybridized carbons (Fsp3) is 0.409. The van der Waals surface area contributed by atoms with Gasteiger partial charge in [-0.15, -0.1) is 11.6 Å². The van der Waals surface area contributed by atoms with Gasteiger partial charge in [0.05, 0.1) is 12.5 Å². The second-order valence-electron chi connectivity index (χ2n) is 7.16. The van der Waals surface area contributed by atoms with E-state index in [2.05, 4.69) is 0 Å². The van der Waals surface area contributed by atoms with Gasteiger partial charge >= 0.3 is 6.09 Å². The zero-order chi connectivity index (χ0) is 22.7. The molecule has 1 amide bonds. The average Bonchev–Trinajstić information content (AvgIpc) is 3.09. The Hall–Kier alpha value is -2.67. The number of likely N-dealkylation sites (tertiary alicyclic amines) is 1. The van der Waals surface area contributed by atoms with Crippen LogP contribution in [0.15, 0.2) is 42.5 Å². The highest BCUT2D eigenvalue weighted by Gasteiger charge is 2.33. The van der Waals surface area contributed by atoms with Crippen molar-refractivity contribution >= 4 is 17.7 Å². The second-order valence-corrected chi connectivity index (χ2v) is 7.54. The fourth-order valence-electron chi connectivity index (χ4n) is 3.79. The highest BCUT2D eigenvalue weighted by Crippen LogP contribution is 2.37. The van der Waals surface area contributed by atoms with Crippen LogP contribution in [0.25, 0.3) is 0 Å². The number of fused-ring (bicyclic) bond motifs is 1. The Morgan fingerprint density at radius 2 is 2.03 bits per heavy atom. The molecule has 0 N–H and O–H groups in total. The summed E-state index contributed by atoms with van der Waals surface area (Å²) >= 11 is 5.62. The molecule has 1 fully saturated rings. The van der Waals surface area contributed by atoms with E-state index in [4.69, 9.17) is 33.3 Å². The molecule has 2 atom stereocenters. The van der Waals surface area contributed by atoms with Gasteiger partial charge in [0.25, 0.3) is 0 Å². The number of rotatable bonds is 6. The van der Waals surface area contributed by atoms with Crippen molar-refractivity contribution in [2.75, 3.05) is 38.9 Å². The SMILES string of the molecule is [2H]C1([2H])Oc2ccc(OCC3CN(C(=O)OCCCl)CC[C@H]3c3ccc(F)cc3)cc2O1. The van der Waals surface area contributed by atoms with Gasteiger partial charge in [0.2, 0.25) is 6.75 Å². The number of amides is 1. The number of alkyl halides is 1. The molecule has 0 radical (unpaired) electrons. The Morgan fingerprint density at radius 3 is 2.83 bits per heavy atom. The number of hydrogen-bond donors (Lipinski definition) is 0. The highest BCUT2D eigenvalue weighted by atomic mass is 35.5. The Balaban J connectivity index is 1.47. The Bertz CT molecular complexity index is 962. The van der Waals surface area contributed by atoms with Crippen molar-refractivity contribution in [3.8, 4) is 17.2 Å². The van der Waals surface area contributed by atoms with Crippen molar-refractivity contribution in [3.05, 3.63) is 53.8 Å². The minimum Gasteiger partial charge on any atom is -0.493 e. The third-order valence-corrected chi connectivity index (χ3v) is 5.43. The summed E-state index contributed by atoms with van der Waals surface area (Å²) in [5, 5.41) is 0. The quantitative estimate of drug-likeness (QED) is 0.626. The largest absolute Gasteiger partial charge is 0.493 e. The van der Waals surface area contributed by atoms with Crippen molar-refractivity contribution in [2.45, 2.75) is 12.3 Å². The monoisotopic (exact) mass is 437 g/mol. The molecule has 6 nitrogen and oxygen atoms in total. The van der Waals surface area contributed by atoms with Gasteiger partial charge in [-0.25, -0.2) is 9.18 Å². The zero-order valence-corrected chi connectivity index (χ0v) is 16.9. The summed E-state index contributed by atoms with van der Waals surface area (Å²) in [4.78, 5) is 14.0. The van der Waals surface area contributed by atoms with Gasteiger partial charge < -0.3 is 23.8 Å². The van der Waals surface area contributed by atoms with Gasteiger partial charge in [-0.3, -0.25) is 0 Å². The Morgan fingerprint density at radius 1 is 1.23 bits per heavy atom. The van der Waals surface area contributed by atoms with Crippen LogP contribution in [0.2, 0.25) is 0 Å². The van der Waals surface area contributed by atoms with Gasteiger partial charge in [-0.05, 0) is 42.2 Å². The normalized spacial score (nSPS) is 22.8. The molecule has 0 bridgehead atoms. The van der Waals surface area contributed by atoms with Crippen LogP contribution in [-0.4, -0.2) is 49.9 Å². The summed E-state index contributed by atoms with van der Waals surface area (Å²) in [6.07, 6.45) is 0.260. The Labute approximate surface area is 182 Å². The summed E-state index contributed by atoms with van der Waals surface area (Å²) in [6.45, 7) is -0.852. The molecule has 1 saturated heterocycles. The van der Waals surface area contributed by atoms with Crippen LogP contribution in [0.5, 0.6) is 17.2 Å². The van der Waals surface area contributed by atoms with Gasteiger partial charge in [0, 0.05) is 25.1 Å². The predicted octanol–water partition coefficient (Wildman–Crippen LogP) is 4.41. The molecule has 0 aromatic heterocycles. The third kappa shape index (κ3) is 4.73. The van der Waals surface area contributed by atoms with Gasteiger partial charge in [0.15, 0.2) is 11.5 Å². The number of hydrogen-bond acceptors (Lipinski definition) is 5. The molecule has 0 spiro atoms. The summed E-state index contributed by atoms with van der Waals surface area (Å²) in [5.41, 5.74) is 0.979. The number of benzene rings is 2. The van der Waals surface area contributed by atoms with Crippen LogP contribution >= 0.6 is 11.6 Å². The van der Waals surface area contributed by atoms with Crippen molar-refractivity contribution in [2.24, 2.45) is 5.92 Å². The summed E-state index contributed by atoms with van der Waals surface area (Å²) in [7, 11) is 0. The molecule has 0 aliphatic carbocycles. The van der Waals surface area contributed by atoms with Crippen molar-refractivity contribution in [3.63, 3.8) is 0 Å². The maximum Gasteiger partial charge on any atom is 0.409 e. The molecule has 2 aliphatic heterocycles. The molecule has 2 aromatic rings. The molecule has 2 aliphatic rings. The van der Waals surface area contributed by atoms with E-state index in [1.54, 1.807) is 35.2 Å². The highest BCUT2D eigenvalue weighted by molar-refractivity contribution is 6.18. The van der Waals surface area contributed by atoms with E-state index in [9.17, 15) is 9.18 Å². The van der Waals surface area contributed by atoms with E-state index in [0.29, 0.717) is 31.0 Å². The van der Waals surface area contributed by atoms with Crippen LogP contribution in [0.4, 0.5) is 9.18 Å². The van der Waals surface area contributed by atoms with Crippen LogP contribution < -0.4 is 14.2 Å². The smallest absolute Gasteiger partial charge is 0.409 e. The van der Waals surface area contributed by atoms with Gasteiger partial charge in [-0.1, -0.05) is 12.1 Å². The van der Waals surface area contributed by atoms with E-state index in [1.165, 1.54) is 12.1 Å². The maximum absolute atomic E-state index is 13.4. The number of piperidine rings is 1. The lowest BCUT2D eigenvalue weighted by Gasteiger charge is -2.38. The first-order valence-corrected chi connectivity index (χ1v) is 10.3. The number of nitrogens with zero attached hydrogens (tertiary/aromatic N) is 1. The molecular weight excluding hydrogens is 413 g/mol. The number of ether oxygens (including phenoxy) is 4. The zero-order valence-electron chi connectivity index (χ0n) is 18.2. The Kier molecular flexibility index (Phi) is 5.70. The minimum absolute atomic E-state index is 0.0656. The van der Waals surface area contributed by atoms with Crippen molar-refractivity contribution < 1.29 is 30.9 Å². The first-order valence-electron chi connectivity index (χ1n) is 10.7. The maximum atomic E-state index is 13.4. The third-order valence-electron chi connectivity index (χ3n) is 5.28. The lowest BCUT2D eigenvalue weighted by atomic mass is 9.81. The lowest BCUT2D eigenvalue weighted by Crippen LogP contribution is -2.45. The molecule has 4 rings (SSSR count). The molecule has 30 heavy (non-hydrogen) atoms. The number of carbonyl (C=O) groups is 1. The van der Waals surface area contributed by atoms with E-state index in [0.717, 1.165) is 5.56 Å². The summed E-state index contributed by atoms with van der Waals surface area (Å²) in [5.74, 6) is 0.973. The molecule has 1 unspecified atom stereocenters. The van der Waals surface area contributed by atoms with E-state index >= 15 is 0 Å². The lowest BCUT2D eigenvalue weighted by molar-refractivity contribution is 0.0717. The van der Waals surface area contributed by atoms with Gasteiger partial charge in [0.1, 0.15) is 20.9 Å². The topological polar surface area (TPSA) is 57.2 Å². The molecule has 2 aromatic carbocycles. The van der Waals surface area contributed by atoms with Crippen molar-refractivity contribution in [1.29, 1.82) is 0 Å². The number of carbonyl (C=O) groups excluding carboxylic acids is 1. The van der Waals surface area contributed by atoms with Crippen LogP contribution in [0, 0.1) is 11.7 Å². The summed E-state index contributed by atoms with van der Waals surface area (Å²) in [6, 6.07) is 11.2. The molecule has 160 valence electrons. The molecular formula is C22H23ClFNO5. The van der Waals surface area contributed by atoms with E-state index in [-0.39, 0.29) is 42.5 Å². The van der Waals surface area contributed by atoms with Crippen LogP contribution in [0.3, 0.4) is 0 Å². The average molecular weight is 438 g/mol. The van der Waals surface area contributed by atoms with E-state index in [1.807, 2.05) is 0 Å². The second kappa shape index (κ2) is 9.43. The van der Waals surface area contributed by atoms with E-state index < -0.39 is 12.8 Å². The fourth-order valence-corrected chi connectivity index (χ4v) is 3.87. The minimum atomic E-state index is -2.21. The standard InChI is InChI=1S/C22H23ClFNO5/c23-8-10-27-22(26)25-9-7-19(15-1-3-17(24)4-2-15)16(12-25)13-28-18-5-6-20-21(11-18)30-14-29-20/h1-6,11,16,19H,7-10,12-14H2/t16?,19-/m0/s1/i14D2. The van der Waals surface area contributed by atoms with Gasteiger partial charge in [-0.2, -0.15) is 0 Å². The summed E-state index contributed by atoms with van der Waals surface area (Å²) < 4.78 is 49.9. The number of halogens is 2. The predicted molar refractivity (Wildman–Crippen MR) is 109 cm³/mol.